The van der Waals surface area contributed by atoms with E-state index >= 15 is 0 Å². The molecular weight excluding hydrogens is 272 g/mol. The Kier molecular flexibility index (Phi) is 2.76. The van der Waals surface area contributed by atoms with E-state index in [-0.39, 0.29) is 15.5 Å². The average molecular weight is 281 g/mol. The highest BCUT2D eigenvalue weighted by Crippen LogP contribution is 2.28. The fourth-order valence-electron chi connectivity index (χ4n) is 1.77. The molecule has 0 amide bonds. The zero-order valence-corrected chi connectivity index (χ0v) is 10.6. The topological polar surface area (TPSA) is 68.3 Å². The highest BCUT2D eigenvalue weighted by atomic mass is 35.7. The van der Waals surface area contributed by atoms with Crippen LogP contribution in [0.1, 0.15) is 12.0 Å². The number of aryl methyl sites for hydroxylation is 1. The van der Waals surface area contributed by atoms with Gasteiger partial charge in [-0.1, -0.05) is 0 Å². The lowest BCUT2D eigenvalue weighted by Crippen LogP contribution is -2.16. The minimum atomic E-state index is -3.80. The van der Waals surface area contributed by atoms with Gasteiger partial charge in [-0.2, -0.15) is 0 Å². The molecule has 0 spiro atoms. The summed E-state index contributed by atoms with van der Waals surface area (Å²) in [5.41, 5.74) is 0.535. The third-order valence-electron chi connectivity index (χ3n) is 2.51. The Morgan fingerprint density at radius 1 is 1.25 bits per heavy atom. The van der Waals surface area contributed by atoms with Crippen LogP contribution in [0.2, 0.25) is 0 Å². The molecule has 1 aliphatic rings. The number of hydrogen-bond acceptors (Lipinski definition) is 4. The molecule has 0 saturated carbocycles. The zero-order valence-electron chi connectivity index (χ0n) is 8.18. The summed E-state index contributed by atoms with van der Waals surface area (Å²) in [5.74, 6) is 0.118. The van der Waals surface area contributed by atoms with Crippen molar-refractivity contribution in [3.8, 4) is 0 Å². The SMILES string of the molecule is O=S(=O)(Cl)c1ccc2c(c1)CCCS2(=O)=O. The normalized spacial score (nSPS) is 19.1. The Balaban J connectivity index is 2.66. The molecule has 88 valence electrons. The van der Waals surface area contributed by atoms with Crippen molar-refractivity contribution in [2.45, 2.75) is 22.6 Å². The van der Waals surface area contributed by atoms with Crippen LogP contribution in [0.15, 0.2) is 28.0 Å². The van der Waals surface area contributed by atoms with Gasteiger partial charge in [0.15, 0.2) is 9.84 Å². The predicted molar refractivity (Wildman–Crippen MR) is 59.9 cm³/mol. The summed E-state index contributed by atoms with van der Waals surface area (Å²) in [4.78, 5) is 0.174. The highest BCUT2D eigenvalue weighted by Gasteiger charge is 2.24. The smallest absolute Gasteiger partial charge is 0.224 e. The minimum Gasteiger partial charge on any atom is -0.224 e. The van der Waals surface area contributed by atoms with Gasteiger partial charge in [-0.05, 0) is 36.6 Å². The van der Waals surface area contributed by atoms with Crippen molar-refractivity contribution in [3.63, 3.8) is 0 Å². The lowest BCUT2D eigenvalue weighted by Gasteiger charge is -2.16. The molecule has 0 aliphatic carbocycles. The summed E-state index contributed by atoms with van der Waals surface area (Å²) in [6, 6.07) is 3.89. The lowest BCUT2D eigenvalue weighted by molar-refractivity contribution is 0.585. The van der Waals surface area contributed by atoms with Crippen LogP contribution < -0.4 is 0 Å². The first kappa shape index (κ1) is 11.9. The van der Waals surface area contributed by atoms with E-state index < -0.39 is 18.9 Å². The van der Waals surface area contributed by atoms with Gasteiger partial charge in [0.2, 0.25) is 0 Å². The maximum atomic E-state index is 11.7. The second kappa shape index (κ2) is 3.72. The quantitative estimate of drug-likeness (QED) is 0.728. The van der Waals surface area contributed by atoms with Gasteiger partial charge in [-0.3, -0.25) is 0 Å². The molecule has 0 unspecified atom stereocenters. The molecule has 1 heterocycles. The number of hydrogen-bond donors (Lipinski definition) is 0. The number of fused-ring (bicyclic) bond motifs is 1. The van der Waals surface area contributed by atoms with Crippen LogP contribution in [0.5, 0.6) is 0 Å². The molecule has 2 rings (SSSR count). The molecule has 4 nitrogen and oxygen atoms in total. The van der Waals surface area contributed by atoms with Gasteiger partial charge < -0.3 is 0 Å². The van der Waals surface area contributed by atoms with E-state index in [1.54, 1.807) is 0 Å². The molecule has 16 heavy (non-hydrogen) atoms. The van der Waals surface area contributed by atoms with E-state index in [9.17, 15) is 16.8 Å². The summed E-state index contributed by atoms with van der Waals surface area (Å²) < 4.78 is 45.5. The van der Waals surface area contributed by atoms with Gasteiger partial charge in [-0.15, -0.1) is 0 Å². The molecule has 0 bridgehead atoms. The van der Waals surface area contributed by atoms with Gasteiger partial charge in [0.25, 0.3) is 9.05 Å². The summed E-state index contributed by atoms with van der Waals surface area (Å²) in [6.45, 7) is 0. The van der Waals surface area contributed by atoms with E-state index in [2.05, 4.69) is 0 Å². The van der Waals surface area contributed by atoms with Crippen LogP contribution in [-0.4, -0.2) is 22.6 Å². The van der Waals surface area contributed by atoms with Gasteiger partial charge in [0.05, 0.1) is 15.5 Å². The third kappa shape index (κ3) is 2.09. The highest BCUT2D eigenvalue weighted by molar-refractivity contribution is 8.13. The molecule has 1 aromatic carbocycles. The molecule has 0 atom stereocenters. The van der Waals surface area contributed by atoms with Crippen LogP contribution in [0.4, 0.5) is 0 Å². The van der Waals surface area contributed by atoms with E-state index in [0.717, 1.165) is 0 Å². The van der Waals surface area contributed by atoms with Crippen molar-refractivity contribution in [2.24, 2.45) is 0 Å². The van der Waals surface area contributed by atoms with Gasteiger partial charge in [0, 0.05) is 10.7 Å². The summed E-state index contributed by atoms with van der Waals surface area (Å²) in [7, 11) is -1.84. The average Bonchev–Trinajstić information content (AvgIpc) is 2.15. The fraction of sp³-hybridized carbons (Fsp3) is 0.333. The van der Waals surface area contributed by atoms with E-state index in [1.807, 2.05) is 0 Å². The third-order valence-corrected chi connectivity index (χ3v) is 5.75. The van der Waals surface area contributed by atoms with Crippen molar-refractivity contribution >= 4 is 29.6 Å². The predicted octanol–water partition coefficient (Wildman–Crippen LogP) is 1.33. The second-order valence-corrected chi connectivity index (χ2v) is 8.27. The molecule has 0 aromatic heterocycles. The van der Waals surface area contributed by atoms with Gasteiger partial charge in [0.1, 0.15) is 0 Å². The van der Waals surface area contributed by atoms with Gasteiger partial charge in [-0.25, -0.2) is 16.8 Å². The number of benzene rings is 1. The standard InChI is InChI=1S/C9H9ClO4S2/c10-16(13,14)8-3-4-9-7(6-8)2-1-5-15(9,11)12/h3-4,6H,1-2,5H2. The molecule has 0 saturated heterocycles. The van der Waals surface area contributed by atoms with Crippen molar-refractivity contribution < 1.29 is 16.8 Å². The Labute approximate surface area is 98.6 Å². The molecule has 1 aliphatic heterocycles. The first-order valence-electron chi connectivity index (χ1n) is 4.61. The van der Waals surface area contributed by atoms with Crippen LogP contribution in [-0.2, 0) is 25.3 Å². The summed E-state index contributed by atoms with van der Waals surface area (Å²) in [5, 5.41) is 0. The lowest BCUT2D eigenvalue weighted by atomic mass is 10.1. The first-order chi connectivity index (χ1) is 7.31. The molecule has 7 heteroatoms. The maximum Gasteiger partial charge on any atom is 0.261 e. The molecular formula is C9H9ClO4S2. The van der Waals surface area contributed by atoms with Crippen molar-refractivity contribution in [3.05, 3.63) is 23.8 Å². The van der Waals surface area contributed by atoms with Crippen molar-refractivity contribution in [1.29, 1.82) is 0 Å². The van der Waals surface area contributed by atoms with Crippen molar-refractivity contribution in [1.82, 2.24) is 0 Å². The first-order valence-corrected chi connectivity index (χ1v) is 8.57. The van der Waals surface area contributed by atoms with E-state index in [4.69, 9.17) is 10.7 Å². The largest absolute Gasteiger partial charge is 0.261 e. The van der Waals surface area contributed by atoms with Crippen LogP contribution in [0.25, 0.3) is 0 Å². The van der Waals surface area contributed by atoms with Crippen molar-refractivity contribution in [2.75, 3.05) is 5.75 Å². The minimum absolute atomic E-state index is 0.0509. The van der Waals surface area contributed by atoms with Crippen LogP contribution in [0.3, 0.4) is 0 Å². The van der Waals surface area contributed by atoms with E-state index in [1.165, 1.54) is 18.2 Å². The number of sulfone groups is 1. The number of rotatable bonds is 1. The second-order valence-electron chi connectivity index (χ2n) is 3.63. The Hall–Kier alpha value is -0.590. The van der Waals surface area contributed by atoms with Gasteiger partial charge >= 0.3 is 0 Å². The Bertz CT molecular complexity index is 631. The van der Waals surface area contributed by atoms with Crippen LogP contribution >= 0.6 is 10.7 Å². The molecule has 1 aromatic rings. The van der Waals surface area contributed by atoms with Crippen LogP contribution in [0, 0.1) is 0 Å². The summed E-state index contributed by atoms with van der Waals surface area (Å²) in [6.07, 6.45) is 1.08. The van der Waals surface area contributed by atoms with E-state index in [0.29, 0.717) is 18.4 Å². The maximum absolute atomic E-state index is 11.7. The zero-order chi connectivity index (χ0) is 12.0. The Morgan fingerprint density at radius 3 is 2.56 bits per heavy atom. The molecule has 0 fully saturated rings. The summed E-state index contributed by atoms with van der Waals surface area (Å²) >= 11 is 0. The number of halogens is 1. The fourth-order valence-corrected chi connectivity index (χ4v) is 4.15. The Morgan fingerprint density at radius 2 is 1.94 bits per heavy atom. The monoisotopic (exact) mass is 280 g/mol. The molecule has 0 radical (unpaired) electrons. The molecule has 0 N–H and O–H groups in total.